The second-order valence-corrected chi connectivity index (χ2v) is 5.81. The summed E-state index contributed by atoms with van der Waals surface area (Å²) in [6.45, 7) is 1.75. The minimum Gasteiger partial charge on any atom is -0.395 e. The standard InChI is InChI=1S/C14H20BrNO2/c15-12-5-3-4-11(8-12)14(18)9-16-7-2-1-6-13(16)10-17/h3-5,8,13-14,17-18H,1-2,6-7,9-10H2/t13-,14?/m1/s1. The fraction of sp³-hybridized carbons (Fsp3) is 0.571. The number of halogens is 1. The van der Waals surface area contributed by atoms with Crippen LogP contribution in [0.2, 0.25) is 0 Å². The SMILES string of the molecule is OC[C@H]1CCCCN1CC(O)c1cccc(Br)c1. The first-order valence-corrected chi connectivity index (χ1v) is 7.28. The quantitative estimate of drug-likeness (QED) is 0.896. The number of piperidine rings is 1. The molecule has 0 aliphatic carbocycles. The molecule has 4 heteroatoms. The maximum atomic E-state index is 10.3. The zero-order valence-electron chi connectivity index (χ0n) is 10.4. The number of aliphatic hydroxyl groups excluding tert-OH is 2. The van der Waals surface area contributed by atoms with Crippen molar-refractivity contribution in [3.63, 3.8) is 0 Å². The van der Waals surface area contributed by atoms with Crippen LogP contribution in [0.25, 0.3) is 0 Å². The Morgan fingerprint density at radius 2 is 2.22 bits per heavy atom. The fourth-order valence-corrected chi connectivity index (χ4v) is 2.97. The van der Waals surface area contributed by atoms with Gasteiger partial charge < -0.3 is 10.2 Å². The van der Waals surface area contributed by atoms with Gasteiger partial charge in [-0.05, 0) is 37.1 Å². The van der Waals surface area contributed by atoms with Crippen LogP contribution >= 0.6 is 15.9 Å². The lowest BCUT2D eigenvalue weighted by Gasteiger charge is -2.35. The van der Waals surface area contributed by atoms with Crippen molar-refractivity contribution >= 4 is 15.9 Å². The number of nitrogens with zero attached hydrogens (tertiary/aromatic N) is 1. The number of benzene rings is 1. The molecule has 0 bridgehead atoms. The normalized spacial score (nSPS) is 22.9. The highest BCUT2D eigenvalue weighted by Gasteiger charge is 2.24. The largest absolute Gasteiger partial charge is 0.395 e. The van der Waals surface area contributed by atoms with Gasteiger partial charge >= 0.3 is 0 Å². The molecule has 1 aliphatic heterocycles. The summed E-state index contributed by atoms with van der Waals surface area (Å²) in [4.78, 5) is 2.20. The van der Waals surface area contributed by atoms with E-state index in [1.54, 1.807) is 0 Å². The number of rotatable bonds is 4. The van der Waals surface area contributed by atoms with Crippen molar-refractivity contribution in [2.45, 2.75) is 31.4 Å². The van der Waals surface area contributed by atoms with Crippen molar-refractivity contribution in [3.8, 4) is 0 Å². The summed E-state index contributed by atoms with van der Waals surface area (Å²) in [5.74, 6) is 0. The van der Waals surface area contributed by atoms with Gasteiger partial charge in [0.2, 0.25) is 0 Å². The van der Waals surface area contributed by atoms with Crippen LogP contribution in [-0.2, 0) is 0 Å². The average molecular weight is 314 g/mol. The monoisotopic (exact) mass is 313 g/mol. The third kappa shape index (κ3) is 3.54. The first-order chi connectivity index (χ1) is 8.70. The molecule has 3 nitrogen and oxygen atoms in total. The number of hydrogen-bond acceptors (Lipinski definition) is 3. The van der Waals surface area contributed by atoms with E-state index in [9.17, 15) is 10.2 Å². The van der Waals surface area contributed by atoms with Crippen molar-refractivity contribution in [1.82, 2.24) is 4.90 Å². The molecular weight excluding hydrogens is 294 g/mol. The number of β-amino-alcohol motifs (C(OH)–C–C–N with tert-alkyl or cyclic N) is 1. The molecular formula is C14H20BrNO2. The summed E-state index contributed by atoms with van der Waals surface area (Å²) in [7, 11) is 0. The second-order valence-electron chi connectivity index (χ2n) is 4.90. The zero-order valence-corrected chi connectivity index (χ0v) is 12.0. The zero-order chi connectivity index (χ0) is 13.0. The van der Waals surface area contributed by atoms with Crippen molar-refractivity contribution in [1.29, 1.82) is 0 Å². The number of hydrogen-bond donors (Lipinski definition) is 2. The second kappa shape index (κ2) is 6.66. The van der Waals surface area contributed by atoms with Crippen LogP contribution in [0.3, 0.4) is 0 Å². The molecule has 0 spiro atoms. The Morgan fingerprint density at radius 3 is 2.94 bits per heavy atom. The molecule has 2 rings (SSSR count). The Kier molecular flexibility index (Phi) is 5.18. The average Bonchev–Trinajstić information content (AvgIpc) is 2.39. The van der Waals surface area contributed by atoms with Gasteiger partial charge in [-0.15, -0.1) is 0 Å². The van der Waals surface area contributed by atoms with Gasteiger partial charge in [0.05, 0.1) is 12.7 Å². The molecule has 0 saturated carbocycles. The molecule has 1 heterocycles. The highest BCUT2D eigenvalue weighted by Crippen LogP contribution is 2.23. The van der Waals surface area contributed by atoms with Crippen LogP contribution in [0.4, 0.5) is 0 Å². The van der Waals surface area contributed by atoms with Gasteiger partial charge in [-0.25, -0.2) is 0 Å². The van der Waals surface area contributed by atoms with E-state index in [1.165, 1.54) is 6.42 Å². The van der Waals surface area contributed by atoms with E-state index in [1.807, 2.05) is 24.3 Å². The molecule has 18 heavy (non-hydrogen) atoms. The van der Waals surface area contributed by atoms with E-state index in [0.29, 0.717) is 6.54 Å². The van der Waals surface area contributed by atoms with E-state index >= 15 is 0 Å². The molecule has 1 aromatic carbocycles. The van der Waals surface area contributed by atoms with Gasteiger partial charge in [-0.2, -0.15) is 0 Å². The van der Waals surface area contributed by atoms with Crippen molar-refractivity contribution in [2.24, 2.45) is 0 Å². The summed E-state index contributed by atoms with van der Waals surface area (Å²) < 4.78 is 0.983. The molecule has 2 atom stereocenters. The highest BCUT2D eigenvalue weighted by atomic mass is 79.9. The third-order valence-electron chi connectivity index (χ3n) is 3.60. The lowest BCUT2D eigenvalue weighted by Crippen LogP contribution is -2.43. The van der Waals surface area contributed by atoms with Crippen molar-refractivity contribution in [2.75, 3.05) is 19.7 Å². The Hall–Kier alpha value is -0.420. The summed E-state index contributed by atoms with van der Waals surface area (Å²) in [6, 6.07) is 7.98. The van der Waals surface area contributed by atoms with E-state index < -0.39 is 6.10 Å². The van der Waals surface area contributed by atoms with Crippen LogP contribution < -0.4 is 0 Å². The maximum absolute atomic E-state index is 10.3. The van der Waals surface area contributed by atoms with Crippen LogP contribution in [0, 0.1) is 0 Å². The van der Waals surface area contributed by atoms with Gasteiger partial charge in [0.1, 0.15) is 0 Å². The molecule has 0 aromatic heterocycles. The minimum atomic E-state index is -0.491. The molecule has 100 valence electrons. The van der Waals surface area contributed by atoms with Crippen LogP contribution in [0.15, 0.2) is 28.7 Å². The van der Waals surface area contributed by atoms with Gasteiger partial charge in [-0.1, -0.05) is 34.5 Å². The summed E-state index contributed by atoms with van der Waals surface area (Å²) in [5, 5.41) is 19.6. The predicted octanol–water partition coefficient (Wildman–Crippen LogP) is 2.33. The number of likely N-dealkylation sites (tertiary alicyclic amines) is 1. The Balaban J connectivity index is 1.99. The highest BCUT2D eigenvalue weighted by molar-refractivity contribution is 9.10. The molecule has 1 aliphatic rings. The molecule has 1 saturated heterocycles. The molecule has 1 unspecified atom stereocenters. The fourth-order valence-electron chi connectivity index (χ4n) is 2.55. The molecule has 0 radical (unpaired) electrons. The van der Waals surface area contributed by atoms with E-state index in [4.69, 9.17) is 0 Å². The van der Waals surface area contributed by atoms with Crippen LogP contribution in [-0.4, -0.2) is 40.9 Å². The topological polar surface area (TPSA) is 43.7 Å². The minimum absolute atomic E-state index is 0.186. The Morgan fingerprint density at radius 1 is 1.39 bits per heavy atom. The first-order valence-electron chi connectivity index (χ1n) is 6.49. The summed E-state index contributed by atoms with van der Waals surface area (Å²) in [5.41, 5.74) is 0.923. The smallest absolute Gasteiger partial charge is 0.0917 e. The van der Waals surface area contributed by atoms with Gasteiger partial charge in [0.25, 0.3) is 0 Å². The summed E-state index contributed by atoms with van der Waals surface area (Å²) >= 11 is 3.42. The van der Waals surface area contributed by atoms with E-state index in [2.05, 4.69) is 20.8 Å². The lowest BCUT2D eigenvalue weighted by atomic mass is 10.0. The van der Waals surface area contributed by atoms with Gasteiger partial charge in [0.15, 0.2) is 0 Å². The predicted molar refractivity (Wildman–Crippen MR) is 75.4 cm³/mol. The van der Waals surface area contributed by atoms with Gasteiger partial charge in [0, 0.05) is 17.1 Å². The molecule has 1 aromatic rings. The van der Waals surface area contributed by atoms with E-state index in [0.717, 1.165) is 29.4 Å². The van der Waals surface area contributed by atoms with Crippen molar-refractivity contribution in [3.05, 3.63) is 34.3 Å². The number of aliphatic hydroxyl groups is 2. The van der Waals surface area contributed by atoms with Crippen molar-refractivity contribution < 1.29 is 10.2 Å². The molecule has 2 N–H and O–H groups in total. The van der Waals surface area contributed by atoms with Crippen LogP contribution in [0.1, 0.15) is 30.9 Å². The Bertz CT molecular complexity index is 386. The summed E-state index contributed by atoms with van der Waals surface area (Å²) in [6.07, 6.45) is 2.87. The van der Waals surface area contributed by atoms with E-state index in [-0.39, 0.29) is 12.6 Å². The lowest BCUT2D eigenvalue weighted by molar-refractivity contribution is 0.0417. The van der Waals surface area contributed by atoms with Crippen LogP contribution in [0.5, 0.6) is 0 Å². The molecule has 1 fully saturated rings. The third-order valence-corrected chi connectivity index (χ3v) is 4.09. The maximum Gasteiger partial charge on any atom is 0.0917 e. The first kappa shape index (κ1) is 14.0. The molecule has 0 amide bonds. The Labute approximate surface area is 117 Å². The van der Waals surface area contributed by atoms with Gasteiger partial charge in [-0.3, -0.25) is 4.90 Å².